The number of thiol groups is 1. The van der Waals surface area contributed by atoms with Crippen LogP contribution in [-0.2, 0) is 9.48 Å². The summed E-state index contributed by atoms with van der Waals surface area (Å²) in [5, 5.41) is 18.3. The summed E-state index contributed by atoms with van der Waals surface area (Å²) in [5.74, 6) is 1.69. The fourth-order valence-electron chi connectivity index (χ4n) is 4.10. The summed E-state index contributed by atoms with van der Waals surface area (Å²) in [5.41, 5.74) is 2.91. The number of fused-ring (bicyclic) bond motifs is 1. The van der Waals surface area contributed by atoms with Gasteiger partial charge in [0.25, 0.3) is 0 Å². The number of aromatic amines is 1. The minimum atomic E-state index is -0.346. The highest BCUT2D eigenvalue weighted by Gasteiger charge is 2.43. The molecule has 0 aliphatic heterocycles. The maximum atomic E-state index is 11.9. The molecule has 0 bridgehead atoms. The van der Waals surface area contributed by atoms with Crippen molar-refractivity contribution < 1.29 is 9.53 Å². The quantitative estimate of drug-likeness (QED) is 0.432. The minimum Gasteiger partial charge on any atom is -0.446 e. The second-order valence-corrected chi connectivity index (χ2v) is 9.69. The van der Waals surface area contributed by atoms with Crippen molar-refractivity contribution in [3.63, 3.8) is 0 Å². The average molecular weight is 442 g/mol. The van der Waals surface area contributed by atoms with E-state index in [1.54, 1.807) is 6.20 Å². The van der Waals surface area contributed by atoms with E-state index in [0.29, 0.717) is 11.6 Å². The molecule has 3 heterocycles. The zero-order valence-electron chi connectivity index (χ0n) is 17.6. The number of anilines is 2. The van der Waals surface area contributed by atoms with Gasteiger partial charge in [-0.2, -0.15) is 22.8 Å². The van der Waals surface area contributed by atoms with Crippen LogP contribution in [0, 0.1) is 0 Å². The Labute approximate surface area is 185 Å². The van der Waals surface area contributed by atoms with Gasteiger partial charge in [-0.1, -0.05) is 0 Å². The molecular formula is C21H27N7O2S. The van der Waals surface area contributed by atoms with Crippen molar-refractivity contribution in [1.29, 1.82) is 0 Å². The SMILES string of the molecule is CC(C)NC(=O)OC1CCC(c2cc(Nc3nccn4nc(C5(S)CC5)cc34)n[nH]2)C1. The molecule has 2 saturated carbocycles. The monoisotopic (exact) mass is 441 g/mol. The molecule has 0 radical (unpaired) electrons. The van der Waals surface area contributed by atoms with Gasteiger partial charge in [0, 0.05) is 36.1 Å². The standard InChI is InChI=1S/C21H27N7O2S/c1-12(2)23-20(29)30-14-4-3-13(9-14)15-10-18(26-25-15)24-19-16-11-17(21(31)5-6-21)27-28(16)8-7-22-19/h7-8,10-14,31H,3-6,9H2,1-2H3,(H,23,29)(H2,22,24,25,26). The van der Waals surface area contributed by atoms with Crippen LogP contribution in [0.3, 0.4) is 0 Å². The largest absolute Gasteiger partial charge is 0.446 e. The number of carbonyl (C=O) groups excluding carboxylic acids is 1. The number of rotatable bonds is 6. The first-order valence-corrected chi connectivity index (χ1v) is 11.2. The van der Waals surface area contributed by atoms with Gasteiger partial charge >= 0.3 is 6.09 Å². The smallest absolute Gasteiger partial charge is 0.407 e. The van der Waals surface area contributed by atoms with Crippen molar-refractivity contribution in [2.45, 2.75) is 68.8 Å². The Morgan fingerprint density at radius 3 is 2.97 bits per heavy atom. The molecule has 2 atom stereocenters. The zero-order valence-corrected chi connectivity index (χ0v) is 18.5. The van der Waals surface area contributed by atoms with Crippen LogP contribution < -0.4 is 10.6 Å². The van der Waals surface area contributed by atoms with E-state index in [0.717, 1.165) is 49.0 Å². The maximum absolute atomic E-state index is 11.9. The molecule has 3 aromatic heterocycles. The van der Waals surface area contributed by atoms with Crippen molar-refractivity contribution in [3.8, 4) is 0 Å². The lowest BCUT2D eigenvalue weighted by Crippen LogP contribution is -2.33. The average Bonchev–Trinajstić information content (AvgIpc) is 3.14. The molecule has 164 valence electrons. The second-order valence-electron chi connectivity index (χ2n) is 8.84. The van der Waals surface area contributed by atoms with Gasteiger partial charge in [-0.15, -0.1) is 0 Å². The summed E-state index contributed by atoms with van der Waals surface area (Å²) in [6.07, 6.45) is 7.83. The number of ether oxygens (including phenoxy) is 1. The Bertz CT molecular complexity index is 1100. The van der Waals surface area contributed by atoms with E-state index in [4.69, 9.17) is 17.4 Å². The molecule has 0 spiro atoms. The van der Waals surface area contributed by atoms with Gasteiger partial charge in [-0.3, -0.25) is 5.10 Å². The Morgan fingerprint density at radius 1 is 1.35 bits per heavy atom. The summed E-state index contributed by atoms with van der Waals surface area (Å²) in [7, 11) is 0. The van der Waals surface area contributed by atoms with E-state index in [9.17, 15) is 4.79 Å². The third-order valence-electron chi connectivity index (χ3n) is 5.94. The summed E-state index contributed by atoms with van der Waals surface area (Å²) >= 11 is 4.73. The third kappa shape index (κ3) is 4.21. The van der Waals surface area contributed by atoms with Gasteiger partial charge in [0.1, 0.15) is 11.6 Å². The molecule has 1 amide bonds. The zero-order chi connectivity index (χ0) is 21.6. The first kappa shape index (κ1) is 20.2. The third-order valence-corrected chi connectivity index (χ3v) is 6.62. The molecule has 0 saturated heterocycles. The molecule has 9 nitrogen and oxygen atoms in total. The summed E-state index contributed by atoms with van der Waals surface area (Å²) in [6, 6.07) is 4.12. The lowest BCUT2D eigenvalue weighted by molar-refractivity contribution is 0.0981. The van der Waals surface area contributed by atoms with Crippen LogP contribution in [0.4, 0.5) is 16.4 Å². The number of H-pyrrole nitrogens is 1. The van der Waals surface area contributed by atoms with Crippen LogP contribution in [0.25, 0.3) is 5.52 Å². The van der Waals surface area contributed by atoms with Gasteiger partial charge in [0.15, 0.2) is 11.6 Å². The van der Waals surface area contributed by atoms with Crippen molar-refractivity contribution in [3.05, 3.63) is 35.9 Å². The first-order valence-electron chi connectivity index (χ1n) is 10.8. The Hall–Kier alpha value is -2.75. The highest BCUT2D eigenvalue weighted by molar-refractivity contribution is 7.81. The van der Waals surface area contributed by atoms with E-state index in [1.165, 1.54) is 0 Å². The summed E-state index contributed by atoms with van der Waals surface area (Å²) in [4.78, 5) is 16.3. The number of hydrogen-bond donors (Lipinski definition) is 4. The van der Waals surface area contributed by atoms with E-state index in [-0.39, 0.29) is 28.9 Å². The number of amides is 1. The normalized spacial score (nSPS) is 22.1. The lowest BCUT2D eigenvalue weighted by Gasteiger charge is -2.14. The highest BCUT2D eigenvalue weighted by Crippen LogP contribution is 2.51. The van der Waals surface area contributed by atoms with Gasteiger partial charge in [0.2, 0.25) is 0 Å². The molecule has 5 rings (SSSR count). The molecule has 31 heavy (non-hydrogen) atoms. The minimum absolute atomic E-state index is 0.0680. The van der Waals surface area contributed by atoms with Crippen LogP contribution in [0.15, 0.2) is 24.5 Å². The molecule has 2 aliphatic rings. The number of aromatic nitrogens is 5. The predicted octanol–water partition coefficient (Wildman–Crippen LogP) is 3.89. The summed E-state index contributed by atoms with van der Waals surface area (Å²) < 4.78 is 7.26. The van der Waals surface area contributed by atoms with Crippen LogP contribution in [0.2, 0.25) is 0 Å². The van der Waals surface area contributed by atoms with Crippen LogP contribution in [0.1, 0.15) is 63.3 Å². The number of alkyl carbamates (subject to hydrolysis) is 1. The number of nitrogens with zero attached hydrogens (tertiary/aromatic N) is 4. The van der Waals surface area contributed by atoms with E-state index in [2.05, 4.69) is 30.9 Å². The van der Waals surface area contributed by atoms with Crippen molar-refractivity contribution in [1.82, 2.24) is 30.1 Å². The van der Waals surface area contributed by atoms with Crippen molar-refractivity contribution in [2.75, 3.05) is 5.32 Å². The van der Waals surface area contributed by atoms with Crippen LogP contribution >= 0.6 is 12.6 Å². The second kappa shape index (κ2) is 7.74. The van der Waals surface area contributed by atoms with E-state index in [1.807, 2.05) is 36.7 Å². The topological polar surface area (TPSA) is 109 Å². The molecule has 3 N–H and O–H groups in total. The fourth-order valence-corrected chi connectivity index (χ4v) is 4.32. The molecule has 10 heteroatoms. The molecule has 0 aromatic carbocycles. The van der Waals surface area contributed by atoms with Crippen molar-refractivity contribution in [2.24, 2.45) is 0 Å². The maximum Gasteiger partial charge on any atom is 0.407 e. The van der Waals surface area contributed by atoms with Gasteiger partial charge in [-0.25, -0.2) is 14.3 Å². The van der Waals surface area contributed by atoms with Crippen LogP contribution in [0.5, 0.6) is 0 Å². The molecule has 2 unspecified atom stereocenters. The van der Waals surface area contributed by atoms with Crippen molar-refractivity contribution >= 4 is 35.9 Å². The molecular weight excluding hydrogens is 414 g/mol. The Balaban J connectivity index is 1.26. The first-order chi connectivity index (χ1) is 14.9. The van der Waals surface area contributed by atoms with E-state index < -0.39 is 0 Å². The molecule has 3 aromatic rings. The van der Waals surface area contributed by atoms with Gasteiger partial charge < -0.3 is 15.4 Å². The number of nitrogens with one attached hydrogen (secondary N) is 3. The van der Waals surface area contributed by atoms with Gasteiger partial charge in [0.05, 0.1) is 10.4 Å². The number of carbonyl (C=O) groups is 1. The predicted molar refractivity (Wildman–Crippen MR) is 120 cm³/mol. The van der Waals surface area contributed by atoms with Crippen LogP contribution in [-0.4, -0.2) is 43.0 Å². The lowest BCUT2D eigenvalue weighted by atomic mass is 10.0. The van der Waals surface area contributed by atoms with Gasteiger partial charge in [-0.05, 0) is 52.0 Å². The highest BCUT2D eigenvalue weighted by atomic mass is 32.1. The van der Waals surface area contributed by atoms with E-state index >= 15 is 0 Å². The fraction of sp³-hybridized carbons (Fsp3) is 0.524. The number of hydrogen-bond acceptors (Lipinski definition) is 7. The Kier molecular flexibility index (Phi) is 5.04. The summed E-state index contributed by atoms with van der Waals surface area (Å²) in [6.45, 7) is 3.83. The molecule has 2 fully saturated rings. The molecule has 2 aliphatic carbocycles. The Morgan fingerprint density at radius 2 is 2.19 bits per heavy atom.